The number of primary amides is 1. The molecule has 0 aliphatic heterocycles. The zero-order valence-electron chi connectivity index (χ0n) is 19.1. The van der Waals surface area contributed by atoms with E-state index in [1.54, 1.807) is 31.2 Å². The second-order valence-electron chi connectivity index (χ2n) is 8.40. The maximum Gasteiger partial charge on any atom is 0.352 e. The van der Waals surface area contributed by atoms with Crippen LogP contribution in [0.3, 0.4) is 0 Å². The van der Waals surface area contributed by atoms with Crippen LogP contribution in [0.4, 0.5) is 0 Å². The Bertz CT molecular complexity index is 1320. The highest BCUT2D eigenvalue weighted by Crippen LogP contribution is 2.48. The first-order chi connectivity index (χ1) is 16.7. The van der Waals surface area contributed by atoms with Crippen LogP contribution in [0.25, 0.3) is 10.9 Å². The van der Waals surface area contributed by atoms with Gasteiger partial charge in [-0.2, -0.15) is 0 Å². The standard InChI is InChI=1S/C25H26ClN3O6/c1-2-34-19(30)11-35-18-7-12(10-27)3-5-15(18)21(24(28)31)16-6-4-13-8-14(26)9-17-20(13)22(16)23(29-17)25(32)33/h3,5,7-9,16,21,29H,2,4,6,10-11,27H2,1H3,(H2,28,31)(H,32,33). The Kier molecular flexibility index (Phi) is 7.00. The van der Waals surface area contributed by atoms with Crippen LogP contribution >= 0.6 is 11.6 Å². The number of carbonyl (C=O) groups is 3. The van der Waals surface area contributed by atoms with Gasteiger partial charge in [0.25, 0.3) is 0 Å². The van der Waals surface area contributed by atoms with E-state index in [1.807, 2.05) is 6.07 Å². The van der Waals surface area contributed by atoms with E-state index in [9.17, 15) is 19.5 Å². The first kappa shape index (κ1) is 24.6. The van der Waals surface area contributed by atoms with Crippen LogP contribution in [-0.2, 0) is 27.3 Å². The summed E-state index contributed by atoms with van der Waals surface area (Å²) < 4.78 is 10.7. The van der Waals surface area contributed by atoms with Crippen LogP contribution in [0.1, 0.15) is 57.9 Å². The second kappa shape index (κ2) is 9.97. The minimum atomic E-state index is -1.15. The third-order valence-electron chi connectivity index (χ3n) is 6.30. The van der Waals surface area contributed by atoms with Gasteiger partial charge in [-0.1, -0.05) is 23.7 Å². The zero-order valence-corrected chi connectivity index (χ0v) is 19.9. The van der Waals surface area contributed by atoms with Crippen LogP contribution < -0.4 is 16.2 Å². The summed E-state index contributed by atoms with van der Waals surface area (Å²) in [6.45, 7) is 1.75. The summed E-state index contributed by atoms with van der Waals surface area (Å²) in [5.74, 6) is -3.54. The van der Waals surface area contributed by atoms with Gasteiger partial charge in [-0.05, 0) is 54.7 Å². The molecular weight excluding hydrogens is 474 g/mol. The number of amides is 1. The van der Waals surface area contributed by atoms with Gasteiger partial charge >= 0.3 is 11.9 Å². The summed E-state index contributed by atoms with van der Waals surface area (Å²) in [6, 6.07) is 8.59. The number of halogens is 1. The number of nitrogens with one attached hydrogen (secondary N) is 1. The molecule has 0 radical (unpaired) electrons. The van der Waals surface area contributed by atoms with Gasteiger partial charge in [-0.15, -0.1) is 0 Å². The molecule has 0 fully saturated rings. The zero-order chi connectivity index (χ0) is 25.3. The largest absolute Gasteiger partial charge is 0.482 e. The molecule has 0 saturated heterocycles. The monoisotopic (exact) mass is 499 g/mol. The summed E-state index contributed by atoms with van der Waals surface area (Å²) in [5, 5.41) is 11.2. The molecule has 184 valence electrons. The van der Waals surface area contributed by atoms with Gasteiger partial charge in [-0.3, -0.25) is 4.79 Å². The van der Waals surface area contributed by atoms with Gasteiger partial charge in [0.15, 0.2) is 6.61 Å². The second-order valence-corrected chi connectivity index (χ2v) is 8.84. The number of rotatable bonds is 9. The molecule has 10 heteroatoms. The molecular formula is C25H26ClN3O6. The Morgan fingerprint density at radius 3 is 2.69 bits per heavy atom. The van der Waals surface area contributed by atoms with Crippen LogP contribution in [-0.4, -0.2) is 41.2 Å². The Morgan fingerprint density at radius 1 is 1.26 bits per heavy atom. The van der Waals surface area contributed by atoms with Gasteiger partial charge in [0.2, 0.25) is 5.91 Å². The van der Waals surface area contributed by atoms with E-state index in [1.165, 1.54) is 0 Å². The van der Waals surface area contributed by atoms with Gasteiger partial charge in [-0.25, -0.2) is 9.59 Å². The summed E-state index contributed by atoms with van der Waals surface area (Å²) >= 11 is 6.24. The molecule has 1 heterocycles. The first-order valence-corrected chi connectivity index (χ1v) is 11.6. The SMILES string of the molecule is CCOC(=O)COc1cc(CN)ccc1C(C(N)=O)C1CCc2cc(Cl)cc3[nH]c(C(=O)O)c1c23. The molecule has 2 atom stereocenters. The van der Waals surface area contributed by atoms with Gasteiger partial charge in [0.05, 0.1) is 12.5 Å². The lowest BCUT2D eigenvalue weighted by Crippen LogP contribution is -2.30. The fourth-order valence-corrected chi connectivity index (χ4v) is 5.17. The van der Waals surface area contributed by atoms with Crippen molar-refractivity contribution in [3.63, 3.8) is 0 Å². The van der Waals surface area contributed by atoms with E-state index in [0.29, 0.717) is 34.5 Å². The number of aromatic nitrogens is 1. The number of esters is 1. The average molecular weight is 500 g/mol. The molecule has 2 aromatic carbocycles. The number of nitrogens with two attached hydrogens (primary N) is 2. The van der Waals surface area contributed by atoms with E-state index in [0.717, 1.165) is 16.5 Å². The minimum Gasteiger partial charge on any atom is -0.482 e. The van der Waals surface area contributed by atoms with E-state index in [-0.39, 0.29) is 31.2 Å². The highest BCUT2D eigenvalue weighted by molar-refractivity contribution is 6.31. The van der Waals surface area contributed by atoms with Crippen molar-refractivity contribution in [2.24, 2.45) is 11.5 Å². The topological polar surface area (TPSA) is 158 Å². The fourth-order valence-electron chi connectivity index (χ4n) is 4.93. The number of carboxylic acids is 1. The molecule has 0 spiro atoms. The predicted octanol–water partition coefficient (Wildman–Crippen LogP) is 3.22. The lowest BCUT2D eigenvalue weighted by Gasteiger charge is -2.30. The molecule has 0 bridgehead atoms. The third kappa shape index (κ3) is 4.69. The van der Waals surface area contributed by atoms with Crippen molar-refractivity contribution in [1.29, 1.82) is 0 Å². The number of ether oxygens (including phenoxy) is 2. The molecule has 1 aliphatic rings. The predicted molar refractivity (Wildman–Crippen MR) is 130 cm³/mol. The summed E-state index contributed by atoms with van der Waals surface area (Å²) in [5.41, 5.74) is 14.9. The molecule has 9 nitrogen and oxygen atoms in total. The van der Waals surface area contributed by atoms with Crippen molar-refractivity contribution < 1.29 is 29.0 Å². The van der Waals surface area contributed by atoms with Crippen molar-refractivity contribution in [3.8, 4) is 5.75 Å². The Labute approximate surface area is 206 Å². The van der Waals surface area contributed by atoms with Crippen molar-refractivity contribution in [2.45, 2.75) is 38.1 Å². The number of carbonyl (C=O) groups excluding carboxylic acids is 2. The van der Waals surface area contributed by atoms with Crippen LogP contribution in [0, 0.1) is 0 Å². The van der Waals surface area contributed by atoms with Crippen molar-refractivity contribution in [2.75, 3.05) is 13.2 Å². The first-order valence-electron chi connectivity index (χ1n) is 11.2. The quantitative estimate of drug-likeness (QED) is 0.329. The van der Waals surface area contributed by atoms with Gasteiger partial charge in [0, 0.05) is 34.0 Å². The van der Waals surface area contributed by atoms with E-state index in [4.69, 9.17) is 32.5 Å². The van der Waals surface area contributed by atoms with Crippen LogP contribution in [0.5, 0.6) is 5.75 Å². The van der Waals surface area contributed by atoms with Crippen molar-refractivity contribution >= 4 is 40.3 Å². The maximum atomic E-state index is 12.9. The molecule has 1 aliphatic carbocycles. The van der Waals surface area contributed by atoms with Crippen LogP contribution in [0.2, 0.25) is 5.02 Å². The smallest absolute Gasteiger partial charge is 0.352 e. The fraction of sp³-hybridized carbons (Fsp3) is 0.320. The number of aryl methyl sites for hydroxylation is 1. The average Bonchev–Trinajstić information content (AvgIpc) is 3.20. The normalized spacial score (nSPS) is 15.6. The number of hydrogen-bond donors (Lipinski definition) is 4. The Balaban J connectivity index is 1.85. The summed E-state index contributed by atoms with van der Waals surface area (Å²) in [6.07, 6.45) is 1.04. The molecule has 2 unspecified atom stereocenters. The Hall–Kier alpha value is -3.56. The molecule has 1 aromatic heterocycles. The summed E-state index contributed by atoms with van der Waals surface area (Å²) in [4.78, 5) is 39.9. The number of aromatic amines is 1. The van der Waals surface area contributed by atoms with E-state index < -0.39 is 29.7 Å². The third-order valence-corrected chi connectivity index (χ3v) is 6.52. The molecule has 35 heavy (non-hydrogen) atoms. The molecule has 4 rings (SSSR count). The van der Waals surface area contributed by atoms with Crippen molar-refractivity contribution in [1.82, 2.24) is 4.98 Å². The molecule has 0 saturated carbocycles. The minimum absolute atomic E-state index is 0.00737. The van der Waals surface area contributed by atoms with Gasteiger partial charge in [0.1, 0.15) is 11.4 Å². The summed E-state index contributed by atoms with van der Waals surface area (Å²) in [7, 11) is 0. The lowest BCUT2D eigenvalue weighted by molar-refractivity contribution is -0.145. The number of hydrogen-bond acceptors (Lipinski definition) is 6. The molecule has 1 amide bonds. The highest BCUT2D eigenvalue weighted by atomic mass is 35.5. The molecule has 6 N–H and O–H groups in total. The van der Waals surface area contributed by atoms with E-state index >= 15 is 0 Å². The van der Waals surface area contributed by atoms with Gasteiger partial charge < -0.3 is 31.0 Å². The lowest BCUT2D eigenvalue weighted by atomic mass is 9.73. The van der Waals surface area contributed by atoms with Crippen LogP contribution in [0.15, 0.2) is 30.3 Å². The Morgan fingerprint density at radius 2 is 2.03 bits per heavy atom. The van der Waals surface area contributed by atoms with Crippen molar-refractivity contribution in [3.05, 3.63) is 63.3 Å². The molecule has 3 aromatic rings. The maximum absolute atomic E-state index is 12.9. The van der Waals surface area contributed by atoms with E-state index in [2.05, 4.69) is 4.98 Å². The highest BCUT2D eigenvalue weighted by Gasteiger charge is 2.39. The number of carboxylic acid groups (broad SMARTS) is 1. The number of benzene rings is 2. The number of aromatic carboxylic acids is 1. The number of H-pyrrole nitrogens is 1.